The van der Waals surface area contributed by atoms with Crippen LogP contribution < -0.4 is 4.74 Å². The standard InChI is InChI=1S/C36H19N3O2/c1-4-12-28-20(8-1)22-16-19-25-23(17-18-24-21-9-2-5-13-29(21)41-35(24)25)34(22)39(28)36-37-27-11-7-15-31-32(27)33(38-36)26-10-3-6-14-30(26)40-31/h1-19H. The van der Waals surface area contributed by atoms with Crippen molar-refractivity contribution in [2.75, 3.05) is 0 Å². The summed E-state index contributed by atoms with van der Waals surface area (Å²) in [4.78, 5) is 10.4. The van der Waals surface area contributed by atoms with Crippen LogP contribution in [0.3, 0.4) is 0 Å². The molecule has 1 aliphatic rings. The molecule has 6 aromatic carbocycles. The maximum Gasteiger partial charge on any atom is 0.235 e. The summed E-state index contributed by atoms with van der Waals surface area (Å²) in [6.07, 6.45) is 0. The summed E-state index contributed by atoms with van der Waals surface area (Å²) in [6, 6.07) is 39.6. The van der Waals surface area contributed by atoms with E-state index in [1.807, 2.05) is 48.5 Å². The molecule has 0 saturated heterocycles. The minimum absolute atomic E-state index is 0.629. The van der Waals surface area contributed by atoms with Gasteiger partial charge in [0.1, 0.15) is 22.7 Å². The second-order valence-electron chi connectivity index (χ2n) is 10.6. The maximum absolute atomic E-state index is 6.43. The molecule has 0 unspecified atom stereocenters. The Morgan fingerprint density at radius 2 is 1.24 bits per heavy atom. The topological polar surface area (TPSA) is 53.1 Å². The van der Waals surface area contributed by atoms with Gasteiger partial charge in [-0.15, -0.1) is 0 Å². The van der Waals surface area contributed by atoms with Crippen LogP contribution in [0.5, 0.6) is 11.5 Å². The predicted octanol–water partition coefficient (Wildman–Crippen LogP) is 9.55. The quantitative estimate of drug-likeness (QED) is 0.214. The molecule has 190 valence electrons. The van der Waals surface area contributed by atoms with E-state index in [0.717, 1.165) is 88.2 Å². The Morgan fingerprint density at radius 1 is 0.537 bits per heavy atom. The first-order valence-corrected chi connectivity index (χ1v) is 13.7. The molecule has 10 rings (SSSR count). The molecule has 0 saturated carbocycles. The van der Waals surface area contributed by atoms with Crippen LogP contribution in [-0.4, -0.2) is 14.5 Å². The van der Waals surface area contributed by atoms with E-state index in [2.05, 4.69) is 71.3 Å². The molecule has 41 heavy (non-hydrogen) atoms. The van der Waals surface area contributed by atoms with Crippen molar-refractivity contribution in [1.29, 1.82) is 0 Å². The van der Waals surface area contributed by atoms with Crippen LogP contribution in [0, 0.1) is 0 Å². The summed E-state index contributed by atoms with van der Waals surface area (Å²) >= 11 is 0. The minimum atomic E-state index is 0.629. The molecule has 0 bridgehead atoms. The van der Waals surface area contributed by atoms with E-state index in [-0.39, 0.29) is 0 Å². The van der Waals surface area contributed by atoms with Gasteiger partial charge in [0.2, 0.25) is 5.95 Å². The zero-order valence-electron chi connectivity index (χ0n) is 21.6. The highest BCUT2D eigenvalue weighted by Gasteiger charge is 2.25. The van der Waals surface area contributed by atoms with E-state index in [9.17, 15) is 0 Å². The van der Waals surface area contributed by atoms with Gasteiger partial charge in [0, 0.05) is 37.9 Å². The van der Waals surface area contributed by atoms with Crippen molar-refractivity contribution < 1.29 is 9.15 Å². The number of benzene rings is 6. The van der Waals surface area contributed by atoms with Crippen molar-refractivity contribution in [3.63, 3.8) is 0 Å². The largest absolute Gasteiger partial charge is 0.456 e. The van der Waals surface area contributed by atoms with Crippen LogP contribution in [0.15, 0.2) is 120 Å². The van der Waals surface area contributed by atoms with E-state index < -0.39 is 0 Å². The van der Waals surface area contributed by atoms with Crippen molar-refractivity contribution in [2.24, 2.45) is 0 Å². The van der Waals surface area contributed by atoms with E-state index in [4.69, 9.17) is 19.1 Å². The molecule has 1 aliphatic heterocycles. The highest BCUT2D eigenvalue weighted by atomic mass is 16.5. The lowest BCUT2D eigenvalue weighted by Crippen LogP contribution is -2.06. The zero-order valence-corrected chi connectivity index (χ0v) is 21.6. The third-order valence-corrected chi connectivity index (χ3v) is 8.41. The summed E-state index contributed by atoms with van der Waals surface area (Å²) in [6.45, 7) is 0. The molecule has 0 fully saturated rings. The van der Waals surface area contributed by atoms with Gasteiger partial charge in [-0.25, -0.2) is 9.97 Å². The number of ether oxygens (including phenoxy) is 1. The molecular weight excluding hydrogens is 506 g/mol. The van der Waals surface area contributed by atoms with Gasteiger partial charge in [0.25, 0.3) is 0 Å². The molecule has 0 spiro atoms. The Hall–Kier alpha value is -5.68. The van der Waals surface area contributed by atoms with Crippen molar-refractivity contribution >= 4 is 65.4 Å². The molecule has 0 radical (unpaired) electrons. The van der Waals surface area contributed by atoms with Crippen molar-refractivity contribution in [3.8, 4) is 28.7 Å². The van der Waals surface area contributed by atoms with Crippen molar-refractivity contribution in [1.82, 2.24) is 14.5 Å². The molecule has 9 aromatic rings. The van der Waals surface area contributed by atoms with Crippen LogP contribution >= 0.6 is 0 Å². The second kappa shape index (κ2) is 7.49. The summed E-state index contributed by atoms with van der Waals surface area (Å²) < 4.78 is 14.9. The molecular formula is C36H19N3O2. The lowest BCUT2D eigenvalue weighted by atomic mass is 10.0. The number of hydrogen-bond acceptors (Lipinski definition) is 4. The summed E-state index contributed by atoms with van der Waals surface area (Å²) in [5.74, 6) is 2.21. The van der Waals surface area contributed by atoms with E-state index >= 15 is 0 Å². The average molecular weight is 526 g/mol. The molecule has 0 amide bonds. The van der Waals surface area contributed by atoms with E-state index in [0.29, 0.717) is 5.95 Å². The minimum Gasteiger partial charge on any atom is -0.456 e. The van der Waals surface area contributed by atoms with Crippen LogP contribution in [0.2, 0.25) is 0 Å². The summed E-state index contributed by atoms with van der Waals surface area (Å²) in [5.41, 5.74) is 6.61. The Balaban J connectivity index is 1.38. The van der Waals surface area contributed by atoms with Gasteiger partial charge in [0.05, 0.1) is 27.6 Å². The first-order valence-electron chi connectivity index (χ1n) is 13.7. The normalized spacial score (nSPS) is 12.6. The number of furan rings is 1. The van der Waals surface area contributed by atoms with Gasteiger partial charge in [-0.1, -0.05) is 66.7 Å². The number of nitrogens with zero attached hydrogens (tertiary/aromatic N) is 3. The Bertz CT molecular complexity index is 2570. The molecule has 5 heteroatoms. The number of hydrogen-bond donors (Lipinski definition) is 0. The van der Waals surface area contributed by atoms with Crippen LogP contribution in [0.25, 0.3) is 82.6 Å². The number of fused-ring (bicyclic) bond motifs is 11. The Morgan fingerprint density at radius 3 is 2.17 bits per heavy atom. The van der Waals surface area contributed by atoms with Gasteiger partial charge in [0.15, 0.2) is 0 Å². The van der Waals surface area contributed by atoms with Crippen LogP contribution in [-0.2, 0) is 0 Å². The summed E-state index contributed by atoms with van der Waals surface area (Å²) in [7, 11) is 0. The molecule has 0 atom stereocenters. The smallest absolute Gasteiger partial charge is 0.235 e. The lowest BCUT2D eigenvalue weighted by molar-refractivity contribution is 0.486. The molecule has 0 aliphatic carbocycles. The van der Waals surface area contributed by atoms with E-state index in [1.165, 1.54) is 0 Å². The van der Waals surface area contributed by atoms with E-state index in [1.54, 1.807) is 0 Å². The molecule has 0 N–H and O–H groups in total. The van der Waals surface area contributed by atoms with Gasteiger partial charge in [-0.3, -0.25) is 4.57 Å². The monoisotopic (exact) mass is 525 g/mol. The molecule has 4 heterocycles. The van der Waals surface area contributed by atoms with Crippen molar-refractivity contribution in [2.45, 2.75) is 0 Å². The number of para-hydroxylation sites is 3. The number of aromatic nitrogens is 3. The Labute approximate surface area is 232 Å². The highest BCUT2D eigenvalue weighted by Crippen LogP contribution is 2.46. The summed E-state index contributed by atoms with van der Waals surface area (Å²) in [5, 5.41) is 7.65. The lowest BCUT2D eigenvalue weighted by Gasteiger charge is -2.21. The SMILES string of the molecule is c1ccc2c(c1)Oc1cccc3nc(-n4c5ccccc5c5ccc6c(ccc7c8ccccc8oc76)c54)nc-2c13. The fourth-order valence-corrected chi connectivity index (χ4v) is 6.64. The third kappa shape index (κ3) is 2.70. The van der Waals surface area contributed by atoms with Gasteiger partial charge < -0.3 is 9.15 Å². The first kappa shape index (κ1) is 21.2. The van der Waals surface area contributed by atoms with Gasteiger partial charge >= 0.3 is 0 Å². The predicted molar refractivity (Wildman–Crippen MR) is 164 cm³/mol. The highest BCUT2D eigenvalue weighted by molar-refractivity contribution is 6.24. The second-order valence-corrected chi connectivity index (χ2v) is 10.6. The first-order chi connectivity index (χ1) is 20.3. The third-order valence-electron chi connectivity index (χ3n) is 8.41. The van der Waals surface area contributed by atoms with Crippen LogP contribution in [0.1, 0.15) is 0 Å². The zero-order chi connectivity index (χ0) is 26.7. The van der Waals surface area contributed by atoms with Gasteiger partial charge in [-0.05, 0) is 48.5 Å². The van der Waals surface area contributed by atoms with Crippen LogP contribution in [0.4, 0.5) is 0 Å². The van der Waals surface area contributed by atoms with Crippen molar-refractivity contribution in [3.05, 3.63) is 115 Å². The molecule has 3 aromatic heterocycles. The fraction of sp³-hybridized carbons (Fsp3) is 0. The molecule has 5 nitrogen and oxygen atoms in total. The average Bonchev–Trinajstić information content (AvgIpc) is 3.57. The van der Waals surface area contributed by atoms with Gasteiger partial charge in [-0.2, -0.15) is 0 Å². The maximum atomic E-state index is 6.43. The fourth-order valence-electron chi connectivity index (χ4n) is 6.64. The number of rotatable bonds is 1. The Kier molecular flexibility index (Phi) is 3.87.